The molecule has 0 bridgehead atoms. The van der Waals surface area contributed by atoms with Crippen LogP contribution < -0.4 is 19.7 Å². The van der Waals surface area contributed by atoms with Gasteiger partial charge in [-0.2, -0.15) is 0 Å². The molecule has 0 saturated heterocycles. The summed E-state index contributed by atoms with van der Waals surface area (Å²) in [4.78, 5) is 25.6. The SMILES string of the molecule is CN1C(=O)C(CNC(=O)Oc2ccccc2)Oc2ccccc21. The van der Waals surface area contributed by atoms with E-state index < -0.39 is 12.2 Å². The highest BCUT2D eigenvalue weighted by molar-refractivity contribution is 5.99. The Morgan fingerprint density at radius 1 is 1.17 bits per heavy atom. The van der Waals surface area contributed by atoms with Crippen LogP contribution in [0.4, 0.5) is 10.5 Å². The van der Waals surface area contributed by atoms with Gasteiger partial charge in [0.05, 0.1) is 12.2 Å². The molecule has 0 aliphatic carbocycles. The van der Waals surface area contributed by atoms with Gasteiger partial charge in [-0.15, -0.1) is 0 Å². The van der Waals surface area contributed by atoms with E-state index in [1.807, 2.05) is 18.2 Å². The largest absolute Gasteiger partial charge is 0.477 e. The second-order valence-corrected chi connectivity index (χ2v) is 5.05. The number of likely N-dealkylation sites (N-methyl/N-ethyl adjacent to an activating group) is 1. The van der Waals surface area contributed by atoms with Gasteiger partial charge >= 0.3 is 6.09 Å². The van der Waals surface area contributed by atoms with Gasteiger partial charge in [0.15, 0.2) is 6.10 Å². The summed E-state index contributed by atoms with van der Waals surface area (Å²) in [5.41, 5.74) is 0.709. The first kappa shape index (κ1) is 14.9. The summed E-state index contributed by atoms with van der Waals surface area (Å²) in [7, 11) is 1.68. The summed E-state index contributed by atoms with van der Waals surface area (Å²) in [5, 5.41) is 2.55. The average molecular weight is 312 g/mol. The summed E-state index contributed by atoms with van der Waals surface area (Å²) >= 11 is 0. The summed E-state index contributed by atoms with van der Waals surface area (Å²) in [5.74, 6) is 0.824. The van der Waals surface area contributed by atoms with Crippen LogP contribution in [-0.4, -0.2) is 31.7 Å². The van der Waals surface area contributed by atoms with E-state index in [1.165, 1.54) is 4.90 Å². The third-order valence-corrected chi connectivity index (χ3v) is 3.49. The Balaban J connectivity index is 1.60. The fourth-order valence-electron chi connectivity index (χ4n) is 2.31. The van der Waals surface area contributed by atoms with Gasteiger partial charge in [0.2, 0.25) is 0 Å². The van der Waals surface area contributed by atoms with Gasteiger partial charge in [0.25, 0.3) is 5.91 Å². The second kappa shape index (κ2) is 6.39. The van der Waals surface area contributed by atoms with Crippen LogP contribution in [-0.2, 0) is 4.79 Å². The van der Waals surface area contributed by atoms with E-state index in [2.05, 4.69) is 5.32 Å². The van der Waals surface area contributed by atoms with Crippen molar-refractivity contribution in [3.8, 4) is 11.5 Å². The van der Waals surface area contributed by atoms with Crippen molar-refractivity contribution >= 4 is 17.7 Å². The van der Waals surface area contributed by atoms with E-state index in [1.54, 1.807) is 43.4 Å². The van der Waals surface area contributed by atoms with Gasteiger partial charge in [-0.05, 0) is 24.3 Å². The maximum absolute atomic E-state index is 12.3. The molecule has 1 N–H and O–H groups in total. The Morgan fingerprint density at radius 2 is 1.87 bits per heavy atom. The Labute approximate surface area is 133 Å². The highest BCUT2D eigenvalue weighted by Crippen LogP contribution is 2.32. The van der Waals surface area contributed by atoms with Crippen LogP contribution in [0.5, 0.6) is 11.5 Å². The molecular weight excluding hydrogens is 296 g/mol. The molecule has 0 aromatic heterocycles. The van der Waals surface area contributed by atoms with Crippen LogP contribution in [0.1, 0.15) is 0 Å². The first-order chi connectivity index (χ1) is 11.1. The number of nitrogens with one attached hydrogen (secondary N) is 1. The fraction of sp³-hybridized carbons (Fsp3) is 0.176. The number of carbonyl (C=O) groups is 2. The Bertz CT molecular complexity index is 718. The van der Waals surface area contributed by atoms with Gasteiger partial charge in [-0.1, -0.05) is 30.3 Å². The number of rotatable bonds is 3. The number of amides is 2. The molecule has 1 aliphatic rings. The van der Waals surface area contributed by atoms with E-state index in [9.17, 15) is 9.59 Å². The molecule has 6 nitrogen and oxygen atoms in total. The van der Waals surface area contributed by atoms with E-state index >= 15 is 0 Å². The van der Waals surface area contributed by atoms with Crippen LogP contribution in [0.15, 0.2) is 54.6 Å². The molecule has 1 unspecified atom stereocenters. The van der Waals surface area contributed by atoms with Crippen molar-refractivity contribution in [2.45, 2.75) is 6.10 Å². The summed E-state index contributed by atoms with van der Waals surface area (Å²) in [6.07, 6.45) is -1.41. The van der Waals surface area contributed by atoms with Crippen molar-refractivity contribution in [2.75, 3.05) is 18.5 Å². The minimum Gasteiger partial charge on any atom is -0.477 e. The minimum absolute atomic E-state index is 0.0309. The molecule has 3 rings (SSSR count). The maximum atomic E-state index is 12.3. The molecule has 1 heterocycles. The topological polar surface area (TPSA) is 67.9 Å². The van der Waals surface area contributed by atoms with E-state index in [-0.39, 0.29) is 12.5 Å². The zero-order valence-corrected chi connectivity index (χ0v) is 12.6. The zero-order valence-electron chi connectivity index (χ0n) is 12.6. The van der Waals surface area contributed by atoms with Crippen LogP contribution in [0.3, 0.4) is 0 Å². The Hall–Kier alpha value is -3.02. The van der Waals surface area contributed by atoms with E-state index in [0.717, 1.165) is 0 Å². The van der Waals surface area contributed by atoms with E-state index in [4.69, 9.17) is 9.47 Å². The van der Waals surface area contributed by atoms with Crippen molar-refractivity contribution in [3.63, 3.8) is 0 Å². The highest BCUT2D eigenvalue weighted by atomic mass is 16.6. The van der Waals surface area contributed by atoms with Crippen LogP contribution in [0.25, 0.3) is 0 Å². The van der Waals surface area contributed by atoms with Crippen LogP contribution in [0.2, 0.25) is 0 Å². The van der Waals surface area contributed by atoms with Gasteiger partial charge in [0, 0.05) is 7.05 Å². The number of anilines is 1. The lowest BCUT2D eigenvalue weighted by Crippen LogP contribution is -2.49. The number of fused-ring (bicyclic) bond motifs is 1. The Morgan fingerprint density at radius 3 is 2.65 bits per heavy atom. The fourth-order valence-corrected chi connectivity index (χ4v) is 2.31. The standard InChI is InChI=1S/C17H16N2O4/c1-19-13-9-5-6-10-14(13)23-15(16(19)20)11-18-17(21)22-12-7-3-2-4-8-12/h2-10,15H,11H2,1H3,(H,18,21). The van der Waals surface area contributed by atoms with Gasteiger partial charge < -0.3 is 19.7 Å². The molecule has 0 spiro atoms. The lowest BCUT2D eigenvalue weighted by Gasteiger charge is -2.31. The first-order valence-corrected chi connectivity index (χ1v) is 7.19. The molecule has 0 radical (unpaired) electrons. The quantitative estimate of drug-likeness (QED) is 0.943. The predicted octanol–water partition coefficient (Wildman–Crippen LogP) is 2.20. The average Bonchev–Trinajstić information content (AvgIpc) is 2.58. The molecule has 2 amide bonds. The van der Waals surface area contributed by atoms with Crippen LogP contribution >= 0.6 is 0 Å². The number of hydrogen-bond donors (Lipinski definition) is 1. The van der Waals surface area contributed by atoms with Crippen molar-refractivity contribution in [1.82, 2.24) is 5.32 Å². The highest BCUT2D eigenvalue weighted by Gasteiger charge is 2.32. The van der Waals surface area contributed by atoms with Crippen molar-refractivity contribution in [1.29, 1.82) is 0 Å². The lowest BCUT2D eigenvalue weighted by atomic mass is 10.2. The Kier molecular flexibility index (Phi) is 4.14. The molecule has 1 aliphatic heterocycles. The van der Waals surface area contributed by atoms with Crippen molar-refractivity contribution < 1.29 is 19.1 Å². The zero-order chi connectivity index (χ0) is 16.2. The molecule has 23 heavy (non-hydrogen) atoms. The lowest BCUT2D eigenvalue weighted by molar-refractivity contribution is -0.125. The number of benzene rings is 2. The molecule has 0 fully saturated rings. The first-order valence-electron chi connectivity index (χ1n) is 7.19. The van der Waals surface area contributed by atoms with Gasteiger partial charge in [0.1, 0.15) is 11.5 Å². The number of hydrogen-bond acceptors (Lipinski definition) is 4. The molecule has 0 saturated carbocycles. The summed E-state index contributed by atoms with van der Waals surface area (Å²) in [6.45, 7) is 0.0309. The smallest absolute Gasteiger partial charge is 0.412 e. The molecule has 6 heteroatoms. The molecule has 2 aromatic rings. The molecule has 1 atom stereocenters. The van der Waals surface area contributed by atoms with Crippen molar-refractivity contribution in [2.24, 2.45) is 0 Å². The monoisotopic (exact) mass is 312 g/mol. The van der Waals surface area contributed by atoms with E-state index in [0.29, 0.717) is 17.2 Å². The van der Waals surface area contributed by atoms with Gasteiger partial charge in [-0.25, -0.2) is 4.79 Å². The third kappa shape index (κ3) is 3.26. The van der Waals surface area contributed by atoms with Gasteiger partial charge in [-0.3, -0.25) is 4.79 Å². The third-order valence-electron chi connectivity index (χ3n) is 3.49. The minimum atomic E-state index is -0.779. The second-order valence-electron chi connectivity index (χ2n) is 5.05. The summed E-state index contributed by atoms with van der Waals surface area (Å²) in [6, 6.07) is 16.0. The normalized spacial score (nSPS) is 16.3. The molecule has 118 valence electrons. The van der Waals surface area contributed by atoms with Crippen LogP contribution in [0, 0.1) is 0 Å². The van der Waals surface area contributed by atoms with Crippen molar-refractivity contribution in [3.05, 3.63) is 54.6 Å². The number of nitrogens with zero attached hydrogens (tertiary/aromatic N) is 1. The molecule has 2 aromatic carbocycles. The number of carbonyl (C=O) groups excluding carboxylic acids is 2. The number of ether oxygens (including phenoxy) is 2. The number of para-hydroxylation sites is 3. The molecular formula is C17H16N2O4. The predicted molar refractivity (Wildman–Crippen MR) is 84.7 cm³/mol. The maximum Gasteiger partial charge on any atom is 0.412 e. The summed E-state index contributed by atoms with van der Waals surface area (Å²) < 4.78 is 10.8.